The van der Waals surface area contributed by atoms with Gasteiger partial charge in [-0.2, -0.15) is 0 Å². The van der Waals surface area contributed by atoms with Gasteiger partial charge in [0.05, 0.1) is 5.52 Å². The van der Waals surface area contributed by atoms with Crippen LogP contribution in [0.3, 0.4) is 0 Å². The molecule has 1 aromatic carbocycles. The van der Waals surface area contributed by atoms with Crippen molar-refractivity contribution in [3.05, 3.63) is 30.0 Å². The van der Waals surface area contributed by atoms with Crippen LogP contribution < -0.4 is 4.90 Å². The Balaban J connectivity index is 1.45. The number of fused-ring (bicyclic) bond motifs is 2. The number of nitrogens with zero attached hydrogens (tertiary/aromatic N) is 4. The molecule has 0 radical (unpaired) electrons. The van der Waals surface area contributed by atoms with Gasteiger partial charge in [0.25, 0.3) is 0 Å². The van der Waals surface area contributed by atoms with Gasteiger partial charge in [-0.3, -0.25) is 0 Å². The molecule has 7 heteroatoms. The highest BCUT2D eigenvalue weighted by molar-refractivity contribution is 7.29. The summed E-state index contributed by atoms with van der Waals surface area (Å²) in [6, 6.07) is 7.66. The highest BCUT2D eigenvalue weighted by atomic mass is 32.1. The number of piperidine rings is 1. The van der Waals surface area contributed by atoms with E-state index < -0.39 is 0 Å². The molecule has 1 N–H and O–H groups in total. The average Bonchev–Trinajstić information content (AvgIpc) is 3.38. The Hall–Kier alpha value is -1.96. The standard InChI is InChI=1S/C21H25N5S2/c1-12-5-6-16(17-15(12)7-9-22-17)18-23-19-20(27-18)24-21(28-19)26(4)14-8-10-25(3)13(2)11-14/h5-7,9,13-14,22H,8,10-11H2,1-4H3. The molecule has 4 heterocycles. The number of H-pyrrole nitrogens is 1. The number of aromatic amines is 1. The SMILES string of the molecule is Cc1ccc(-c2nc3sc(N(C)C4CCN(C)C(C)C4)nc3s2)c2[nH]ccc12. The van der Waals surface area contributed by atoms with Gasteiger partial charge in [-0.05, 0) is 51.4 Å². The van der Waals surface area contributed by atoms with Crippen LogP contribution in [0.2, 0.25) is 0 Å². The van der Waals surface area contributed by atoms with Crippen LogP contribution in [-0.4, -0.2) is 52.6 Å². The van der Waals surface area contributed by atoms with E-state index in [2.05, 4.69) is 60.9 Å². The first kappa shape index (κ1) is 18.1. The van der Waals surface area contributed by atoms with Gasteiger partial charge in [0.2, 0.25) is 0 Å². The largest absolute Gasteiger partial charge is 0.361 e. The Morgan fingerprint density at radius 3 is 2.79 bits per heavy atom. The Bertz CT molecular complexity index is 1110. The van der Waals surface area contributed by atoms with Gasteiger partial charge in [-0.25, -0.2) is 9.97 Å². The number of hydrogen-bond acceptors (Lipinski definition) is 6. The minimum atomic E-state index is 0.557. The minimum Gasteiger partial charge on any atom is -0.361 e. The highest BCUT2D eigenvalue weighted by Crippen LogP contribution is 2.39. The summed E-state index contributed by atoms with van der Waals surface area (Å²) in [5, 5.41) is 3.40. The van der Waals surface area contributed by atoms with E-state index in [4.69, 9.17) is 9.97 Å². The third kappa shape index (κ3) is 2.93. The highest BCUT2D eigenvalue weighted by Gasteiger charge is 2.27. The van der Waals surface area contributed by atoms with Gasteiger partial charge in [0.1, 0.15) is 5.01 Å². The van der Waals surface area contributed by atoms with Crippen LogP contribution in [0.25, 0.3) is 31.1 Å². The number of aromatic nitrogens is 3. The van der Waals surface area contributed by atoms with Gasteiger partial charge in [-0.1, -0.05) is 28.7 Å². The van der Waals surface area contributed by atoms with Crippen molar-refractivity contribution in [2.24, 2.45) is 0 Å². The van der Waals surface area contributed by atoms with Crippen molar-refractivity contribution in [1.29, 1.82) is 0 Å². The summed E-state index contributed by atoms with van der Waals surface area (Å²) in [7, 11) is 4.41. The zero-order valence-corrected chi connectivity index (χ0v) is 18.3. The van der Waals surface area contributed by atoms with E-state index in [1.165, 1.54) is 34.9 Å². The Morgan fingerprint density at radius 2 is 2.00 bits per heavy atom. The molecule has 1 aliphatic rings. The lowest BCUT2D eigenvalue weighted by Crippen LogP contribution is -2.46. The predicted octanol–water partition coefficient (Wildman–Crippen LogP) is 5.13. The van der Waals surface area contributed by atoms with Crippen molar-refractivity contribution in [2.45, 2.75) is 38.8 Å². The van der Waals surface area contributed by atoms with E-state index in [0.29, 0.717) is 12.1 Å². The van der Waals surface area contributed by atoms with E-state index in [9.17, 15) is 0 Å². The van der Waals surface area contributed by atoms with Crippen molar-refractivity contribution in [3.63, 3.8) is 0 Å². The molecule has 2 unspecified atom stereocenters. The van der Waals surface area contributed by atoms with Gasteiger partial charge >= 0.3 is 0 Å². The van der Waals surface area contributed by atoms with Gasteiger partial charge < -0.3 is 14.8 Å². The molecule has 1 aliphatic heterocycles. The fourth-order valence-corrected chi connectivity index (χ4v) is 6.25. The molecule has 0 aliphatic carbocycles. The van der Waals surface area contributed by atoms with Crippen molar-refractivity contribution in [1.82, 2.24) is 19.9 Å². The summed E-state index contributed by atoms with van der Waals surface area (Å²) in [4.78, 5) is 20.2. The molecule has 4 aromatic rings. The summed E-state index contributed by atoms with van der Waals surface area (Å²) in [6.45, 7) is 5.61. The second kappa shape index (κ2) is 6.83. The number of aryl methyl sites for hydroxylation is 1. The topological polar surface area (TPSA) is 48.1 Å². The fourth-order valence-electron chi connectivity index (χ4n) is 4.15. The van der Waals surface area contributed by atoms with Crippen LogP contribution in [0.15, 0.2) is 24.4 Å². The predicted molar refractivity (Wildman–Crippen MR) is 121 cm³/mol. The van der Waals surface area contributed by atoms with Crippen LogP contribution in [0.5, 0.6) is 0 Å². The molecule has 0 saturated carbocycles. The normalized spacial score (nSPS) is 21.0. The number of likely N-dealkylation sites (tertiary alicyclic amines) is 1. The average molecular weight is 412 g/mol. The Morgan fingerprint density at radius 1 is 1.18 bits per heavy atom. The van der Waals surface area contributed by atoms with Crippen LogP contribution >= 0.6 is 22.7 Å². The van der Waals surface area contributed by atoms with Gasteiger partial charge in [0.15, 0.2) is 14.8 Å². The van der Waals surface area contributed by atoms with Crippen LogP contribution in [-0.2, 0) is 0 Å². The molecule has 5 rings (SSSR count). The van der Waals surface area contributed by atoms with E-state index in [0.717, 1.165) is 26.3 Å². The van der Waals surface area contributed by atoms with Crippen molar-refractivity contribution < 1.29 is 0 Å². The summed E-state index contributed by atoms with van der Waals surface area (Å²) >= 11 is 3.41. The van der Waals surface area contributed by atoms with Crippen molar-refractivity contribution in [2.75, 3.05) is 25.5 Å². The third-order valence-electron chi connectivity index (χ3n) is 6.17. The minimum absolute atomic E-state index is 0.557. The molecule has 0 spiro atoms. The van der Waals surface area contributed by atoms with Crippen molar-refractivity contribution >= 4 is 48.4 Å². The van der Waals surface area contributed by atoms with E-state index in [1.807, 2.05) is 6.20 Å². The molecule has 1 fully saturated rings. The van der Waals surface area contributed by atoms with Crippen LogP contribution in [0, 0.1) is 6.92 Å². The summed E-state index contributed by atoms with van der Waals surface area (Å²) < 4.78 is 0. The number of hydrogen-bond donors (Lipinski definition) is 1. The molecular weight excluding hydrogens is 386 g/mol. The molecule has 0 bridgehead atoms. The first-order valence-electron chi connectivity index (χ1n) is 9.79. The number of thiazole rings is 2. The number of anilines is 1. The fraction of sp³-hybridized carbons (Fsp3) is 0.429. The lowest BCUT2D eigenvalue weighted by atomic mass is 9.98. The maximum Gasteiger partial charge on any atom is 0.188 e. The molecule has 5 nitrogen and oxygen atoms in total. The Kier molecular flexibility index (Phi) is 4.41. The van der Waals surface area contributed by atoms with Crippen molar-refractivity contribution in [3.8, 4) is 10.6 Å². The van der Waals surface area contributed by atoms with E-state index in [1.54, 1.807) is 22.7 Å². The first-order valence-corrected chi connectivity index (χ1v) is 11.4. The summed E-state index contributed by atoms with van der Waals surface area (Å²) in [5.41, 5.74) is 3.62. The molecule has 2 atom stereocenters. The maximum atomic E-state index is 4.94. The lowest BCUT2D eigenvalue weighted by Gasteiger charge is -2.39. The Labute approximate surface area is 173 Å². The summed E-state index contributed by atoms with van der Waals surface area (Å²) in [5.74, 6) is 0. The molecule has 0 amide bonds. The van der Waals surface area contributed by atoms with Crippen LogP contribution in [0.4, 0.5) is 5.13 Å². The maximum absolute atomic E-state index is 4.94. The third-order valence-corrected chi connectivity index (χ3v) is 8.32. The molecular formula is C21H25N5S2. The van der Waals surface area contributed by atoms with E-state index >= 15 is 0 Å². The molecule has 1 saturated heterocycles. The first-order chi connectivity index (χ1) is 13.5. The van der Waals surface area contributed by atoms with Gasteiger partial charge in [0, 0.05) is 42.8 Å². The lowest BCUT2D eigenvalue weighted by molar-refractivity contribution is 0.181. The second-order valence-electron chi connectivity index (χ2n) is 7.94. The summed E-state index contributed by atoms with van der Waals surface area (Å²) in [6.07, 6.45) is 4.38. The molecule has 3 aromatic heterocycles. The smallest absolute Gasteiger partial charge is 0.188 e. The zero-order chi connectivity index (χ0) is 19.4. The molecule has 28 heavy (non-hydrogen) atoms. The molecule has 146 valence electrons. The number of benzene rings is 1. The quantitative estimate of drug-likeness (QED) is 0.508. The number of rotatable bonds is 3. The zero-order valence-electron chi connectivity index (χ0n) is 16.7. The number of nitrogens with one attached hydrogen (secondary N) is 1. The second-order valence-corrected chi connectivity index (χ2v) is 9.87. The van der Waals surface area contributed by atoms with Gasteiger partial charge in [-0.15, -0.1) is 0 Å². The monoisotopic (exact) mass is 411 g/mol. The van der Waals surface area contributed by atoms with E-state index in [-0.39, 0.29) is 0 Å². The van der Waals surface area contributed by atoms with Crippen LogP contribution in [0.1, 0.15) is 25.3 Å².